The second-order valence-corrected chi connectivity index (χ2v) is 8.93. The van der Waals surface area contributed by atoms with Crippen LogP contribution in [0.2, 0.25) is 0 Å². The van der Waals surface area contributed by atoms with Gasteiger partial charge < -0.3 is 5.32 Å². The van der Waals surface area contributed by atoms with Gasteiger partial charge in [0.05, 0.1) is 17.9 Å². The summed E-state index contributed by atoms with van der Waals surface area (Å²) >= 11 is 0. The highest BCUT2D eigenvalue weighted by atomic mass is 16.5. The summed E-state index contributed by atoms with van der Waals surface area (Å²) in [5.41, 5.74) is 4.80. The van der Waals surface area contributed by atoms with Gasteiger partial charge in [0.1, 0.15) is 0 Å². The molecule has 0 saturated heterocycles. The highest BCUT2D eigenvalue weighted by Crippen LogP contribution is 2.25. The third-order valence-electron chi connectivity index (χ3n) is 5.93. The van der Waals surface area contributed by atoms with Crippen LogP contribution in [0.1, 0.15) is 51.7 Å². The monoisotopic (exact) mass is 445 g/mol. The molecule has 0 fully saturated rings. The molecular formula is C25H31N7O. The van der Waals surface area contributed by atoms with E-state index < -0.39 is 0 Å². The van der Waals surface area contributed by atoms with E-state index in [9.17, 15) is 5.21 Å². The lowest BCUT2D eigenvalue weighted by Gasteiger charge is -2.26. The number of fused-ring (bicyclic) bond motifs is 1. The summed E-state index contributed by atoms with van der Waals surface area (Å²) in [5, 5.41) is 19.8. The number of hydrogen-bond acceptors (Lipinski definition) is 7. The van der Waals surface area contributed by atoms with E-state index in [2.05, 4.69) is 77.3 Å². The Hall–Kier alpha value is -3.52. The molecule has 1 aromatic carbocycles. The van der Waals surface area contributed by atoms with Gasteiger partial charge in [-0.3, -0.25) is 10.2 Å². The minimum Gasteiger partial charge on any atom is -0.350 e. The van der Waals surface area contributed by atoms with Crippen LogP contribution in [0.3, 0.4) is 0 Å². The molecule has 3 heterocycles. The second-order valence-electron chi connectivity index (χ2n) is 8.93. The smallest absolute Gasteiger partial charge is 0.255 e. The van der Waals surface area contributed by atoms with Crippen molar-refractivity contribution in [1.82, 2.24) is 24.6 Å². The molecule has 8 nitrogen and oxygen atoms in total. The van der Waals surface area contributed by atoms with Gasteiger partial charge in [0.25, 0.3) is 5.95 Å². The zero-order chi connectivity index (χ0) is 23.5. The van der Waals surface area contributed by atoms with Crippen LogP contribution in [0.25, 0.3) is 16.9 Å². The first-order chi connectivity index (χ1) is 15.8. The van der Waals surface area contributed by atoms with Crippen molar-refractivity contribution in [2.45, 2.75) is 53.1 Å². The van der Waals surface area contributed by atoms with Crippen LogP contribution in [0.15, 0.2) is 54.9 Å². The average molecular weight is 446 g/mol. The summed E-state index contributed by atoms with van der Waals surface area (Å²) in [7, 11) is 0. The van der Waals surface area contributed by atoms with Crippen molar-refractivity contribution in [2.24, 2.45) is 5.92 Å². The topological polar surface area (TPSA) is 91.5 Å². The van der Waals surface area contributed by atoms with Crippen molar-refractivity contribution in [3.63, 3.8) is 0 Å². The zero-order valence-corrected chi connectivity index (χ0v) is 19.8. The molecule has 3 aromatic heterocycles. The molecular weight excluding hydrogens is 414 g/mol. The minimum atomic E-state index is -0.134. The highest BCUT2D eigenvalue weighted by Gasteiger charge is 2.22. The normalized spacial score (nSPS) is 12.5. The Morgan fingerprint density at radius 2 is 1.76 bits per heavy atom. The fourth-order valence-electron chi connectivity index (χ4n) is 3.48. The summed E-state index contributed by atoms with van der Waals surface area (Å²) in [6.45, 7) is 10.8. The van der Waals surface area contributed by atoms with Crippen LogP contribution in [-0.2, 0) is 6.54 Å². The number of hydroxylamine groups is 1. The molecule has 172 valence electrons. The number of aromatic nitrogens is 5. The van der Waals surface area contributed by atoms with Crippen molar-refractivity contribution in [3.8, 4) is 11.3 Å². The van der Waals surface area contributed by atoms with Crippen molar-refractivity contribution < 1.29 is 5.21 Å². The van der Waals surface area contributed by atoms with Crippen LogP contribution in [0.5, 0.6) is 0 Å². The summed E-state index contributed by atoms with van der Waals surface area (Å²) < 4.78 is 1.70. The number of pyridine rings is 1. The first kappa shape index (κ1) is 22.7. The van der Waals surface area contributed by atoms with Gasteiger partial charge in [0.15, 0.2) is 5.65 Å². The van der Waals surface area contributed by atoms with Gasteiger partial charge in [-0.1, -0.05) is 58.0 Å². The lowest BCUT2D eigenvalue weighted by Crippen LogP contribution is -2.35. The molecule has 0 saturated carbocycles. The lowest BCUT2D eigenvalue weighted by atomic mass is 10.1. The maximum atomic E-state index is 10.8. The molecule has 0 aliphatic carbocycles. The molecule has 0 radical (unpaired) electrons. The fourth-order valence-corrected chi connectivity index (χ4v) is 3.48. The van der Waals surface area contributed by atoms with Gasteiger partial charge in [-0.05, 0) is 36.5 Å². The summed E-state index contributed by atoms with van der Waals surface area (Å²) in [6.07, 6.45) is 3.61. The SMILES string of the molecule is CC(C)c1cnn2c(NCc3ccc(-c4ccccn4)cc3)nc(N(O)[C@@H](C)C(C)C)nc12. The van der Waals surface area contributed by atoms with Gasteiger partial charge >= 0.3 is 0 Å². The highest BCUT2D eigenvalue weighted by molar-refractivity contribution is 5.59. The van der Waals surface area contributed by atoms with Gasteiger partial charge in [-0.15, -0.1) is 0 Å². The number of hydrogen-bond donors (Lipinski definition) is 2. The van der Waals surface area contributed by atoms with E-state index in [0.717, 1.165) is 27.4 Å². The predicted molar refractivity (Wildman–Crippen MR) is 130 cm³/mol. The molecule has 0 aliphatic rings. The van der Waals surface area contributed by atoms with Gasteiger partial charge in [0, 0.05) is 23.9 Å². The largest absolute Gasteiger partial charge is 0.350 e. The summed E-state index contributed by atoms with van der Waals surface area (Å²) in [5.74, 6) is 1.27. The Bertz CT molecular complexity index is 1200. The number of nitrogens with one attached hydrogen (secondary N) is 1. The molecule has 4 rings (SSSR count). The molecule has 2 N–H and O–H groups in total. The third-order valence-corrected chi connectivity index (χ3v) is 5.93. The van der Waals surface area contributed by atoms with Crippen LogP contribution >= 0.6 is 0 Å². The van der Waals surface area contributed by atoms with E-state index in [-0.39, 0.29) is 23.8 Å². The van der Waals surface area contributed by atoms with Crippen molar-refractivity contribution >= 4 is 17.5 Å². The van der Waals surface area contributed by atoms with E-state index in [1.807, 2.05) is 31.3 Å². The number of rotatable bonds is 8. The standard InChI is InChI=1S/C25H31N7O/c1-16(2)18(5)32(33)25-29-23-21(17(3)4)15-28-31(23)24(30-25)27-14-19-9-11-20(12-10-19)22-8-6-7-13-26-22/h6-13,15-18,33H,14H2,1-5H3,(H,27,29,30)/t18-/m0/s1. The van der Waals surface area contributed by atoms with E-state index in [0.29, 0.717) is 18.1 Å². The van der Waals surface area contributed by atoms with Gasteiger partial charge in [0.2, 0.25) is 5.95 Å². The maximum Gasteiger partial charge on any atom is 0.255 e. The molecule has 0 unspecified atom stereocenters. The molecule has 33 heavy (non-hydrogen) atoms. The van der Waals surface area contributed by atoms with E-state index in [1.165, 1.54) is 0 Å². The number of benzene rings is 1. The van der Waals surface area contributed by atoms with Crippen LogP contribution in [0.4, 0.5) is 11.9 Å². The molecule has 0 bridgehead atoms. The molecule has 0 spiro atoms. The Morgan fingerprint density at radius 3 is 2.39 bits per heavy atom. The van der Waals surface area contributed by atoms with Crippen molar-refractivity contribution in [3.05, 3.63) is 66.0 Å². The summed E-state index contributed by atoms with van der Waals surface area (Å²) in [4.78, 5) is 13.6. The van der Waals surface area contributed by atoms with E-state index in [1.54, 1.807) is 10.7 Å². The number of nitrogens with zero attached hydrogens (tertiary/aromatic N) is 6. The van der Waals surface area contributed by atoms with E-state index >= 15 is 0 Å². The first-order valence-electron chi connectivity index (χ1n) is 11.3. The van der Waals surface area contributed by atoms with Crippen molar-refractivity contribution in [1.29, 1.82) is 0 Å². The third kappa shape index (κ3) is 4.80. The Labute approximate surface area is 194 Å². The Morgan fingerprint density at radius 1 is 1.00 bits per heavy atom. The maximum absolute atomic E-state index is 10.8. The molecule has 8 heteroatoms. The van der Waals surface area contributed by atoms with Gasteiger partial charge in [-0.2, -0.15) is 19.6 Å². The lowest BCUT2D eigenvalue weighted by molar-refractivity contribution is 0.193. The summed E-state index contributed by atoms with van der Waals surface area (Å²) in [6, 6.07) is 14.0. The van der Waals surface area contributed by atoms with E-state index in [4.69, 9.17) is 0 Å². The molecule has 0 aliphatic heterocycles. The first-order valence-corrected chi connectivity index (χ1v) is 11.3. The Balaban J connectivity index is 1.62. The second kappa shape index (κ2) is 9.54. The number of anilines is 2. The van der Waals surface area contributed by atoms with Crippen molar-refractivity contribution in [2.75, 3.05) is 10.4 Å². The molecule has 4 aromatic rings. The molecule has 1 atom stereocenters. The van der Waals surface area contributed by atoms with Crippen LogP contribution in [0, 0.1) is 5.92 Å². The van der Waals surface area contributed by atoms with Gasteiger partial charge in [-0.25, -0.2) is 5.06 Å². The zero-order valence-electron chi connectivity index (χ0n) is 19.8. The minimum absolute atomic E-state index is 0.134. The predicted octanol–water partition coefficient (Wildman–Crippen LogP) is 5.16. The van der Waals surface area contributed by atoms with Crippen LogP contribution < -0.4 is 10.4 Å². The fraction of sp³-hybridized carbons (Fsp3) is 0.360. The van der Waals surface area contributed by atoms with Crippen LogP contribution in [-0.4, -0.2) is 35.8 Å². The Kier molecular flexibility index (Phi) is 6.55. The average Bonchev–Trinajstić information content (AvgIpc) is 3.27. The quantitative estimate of drug-likeness (QED) is 0.362. The molecule has 0 amide bonds.